The van der Waals surface area contributed by atoms with Gasteiger partial charge in [0.25, 0.3) is 0 Å². The summed E-state index contributed by atoms with van der Waals surface area (Å²) in [5.74, 6) is 2.02. The highest BCUT2D eigenvalue weighted by Crippen LogP contribution is 2.28. The largest absolute Gasteiger partial charge is 0.479 e. The lowest BCUT2D eigenvalue weighted by Gasteiger charge is -2.30. The topological polar surface area (TPSA) is 45.0 Å². The van der Waals surface area contributed by atoms with Gasteiger partial charge < -0.3 is 10.1 Å². The van der Waals surface area contributed by atoms with E-state index < -0.39 is 0 Å². The van der Waals surface area contributed by atoms with Gasteiger partial charge in [0.05, 0.1) is 0 Å². The Morgan fingerprint density at radius 1 is 1.44 bits per heavy atom. The van der Waals surface area contributed by atoms with Crippen molar-refractivity contribution in [1.29, 1.82) is 5.26 Å². The number of nitrogens with zero attached hydrogens (tertiary/aromatic N) is 1. The van der Waals surface area contributed by atoms with E-state index in [1.165, 1.54) is 18.6 Å². The van der Waals surface area contributed by atoms with Crippen molar-refractivity contribution in [3.63, 3.8) is 0 Å². The normalized spacial score (nSPS) is 23.1. The lowest BCUT2D eigenvalue weighted by molar-refractivity contribution is 0.368. The van der Waals surface area contributed by atoms with Gasteiger partial charge in [0, 0.05) is 17.0 Å². The van der Waals surface area contributed by atoms with Crippen molar-refractivity contribution in [2.75, 3.05) is 17.7 Å². The Morgan fingerprint density at radius 2 is 2.22 bits per heavy atom. The highest BCUT2D eigenvalue weighted by molar-refractivity contribution is 8.00. The second kappa shape index (κ2) is 6.55. The summed E-state index contributed by atoms with van der Waals surface area (Å²) in [5, 5.41) is 12.7. The first-order valence-corrected chi connectivity index (χ1v) is 7.32. The lowest BCUT2D eigenvalue weighted by atomic mass is 10.1. The minimum absolute atomic E-state index is 0.100. The number of anilines is 1. The molecule has 1 aliphatic heterocycles. The summed E-state index contributed by atoms with van der Waals surface area (Å²) in [4.78, 5) is 0. The molecule has 0 spiro atoms. The molecule has 0 radical (unpaired) electrons. The summed E-state index contributed by atoms with van der Waals surface area (Å²) in [6.45, 7) is 2.38. The SMILES string of the molecule is CC1SCCCC1Nc1ccc(OCC#N)cc1. The number of nitriles is 1. The van der Waals surface area contributed by atoms with Crippen LogP contribution in [0.15, 0.2) is 24.3 Å². The third kappa shape index (κ3) is 3.58. The standard InChI is InChI=1S/C14H18N2OS/c1-11-14(3-2-10-18-11)16-12-4-6-13(7-5-12)17-9-8-15/h4-7,11,14,16H,2-3,9-10H2,1H3. The predicted molar refractivity (Wildman–Crippen MR) is 76.1 cm³/mol. The van der Waals surface area contributed by atoms with Gasteiger partial charge in [-0.05, 0) is 42.9 Å². The molecular weight excluding hydrogens is 244 g/mol. The Balaban J connectivity index is 1.91. The van der Waals surface area contributed by atoms with Crippen LogP contribution < -0.4 is 10.1 Å². The minimum atomic E-state index is 0.100. The molecule has 1 saturated heterocycles. The molecule has 1 aromatic carbocycles. The van der Waals surface area contributed by atoms with E-state index in [0.717, 1.165) is 11.4 Å². The summed E-state index contributed by atoms with van der Waals surface area (Å²) in [6, 6.07) is 10.3. The summed E-state index contributed by atoms with van der Waals surface area (Å²) in [7, 11) is 0. The molecule has 2 unspecified atom stereocenters. The van der Waals surface area contributed by atoms with E-state index in [-0.39, 0.29) is 6.61 Å². The smallest absolute Gasteiger partial charge is 0.174 e. The molecule has 0 aliphatic carbocycles. The molecule has 0 amide bonds. The maximum Gasteiger partial charge on any atom is 0.174 e. The van der Waals surface area contributed by atoms with Crippen molar-refractivity contribution in [3.05, 3.63) is 24.3 Å². The van der Waals surface area contributed by atoms with Crippen LogP contribution in [0, 0.1) is 11.3 Å². The quantitative estimate of drug-likeness (QED) is 0.904. The van der Waals surface area contributed by atoms with Gasteiger partial charge in [-0.1, -0.05) is 6.92 Å². The Labute approximate surface area is 113 Å². The molecule has 96 valence electrons. The van der Waals surface area contributed by atoms with Gasteiger partial charge in [-0.3, -0.25) is 0 Å². The van der Waals surface area contributed by atoms with Crippen molar-refractivity contribution in [3.8, 4) is 11.8 Å². The van der Waals surface area contributed by atoms with E-state index in [9.17, 15) is 0 Å². The fourth-order valence-electron chi connectivity index (χ4n) is 2.09. The molecule has 1 aliphatic rings. The Hall–Kier alpha value is -1.34. The van der Waals surface area contributed by atoms with Crippen LogP contribution >= 0.6 is 11.8 Å². The van der Waals surface area contributed by atoms with Gasteiger partial charge in [0.1, 0.15) is 11.8 Å². The fraction of sp³-hybridized carbons (Fsp3) is 0.500. The van der Waals surface area contributed by atoms with Gasteiger partial charge in [-0.25, -0.2) is 0 Å². The Bertz CT molecular complexity index is 413. The molecule has 2 atom stereocenters. The van der Waals surface area contributed by atoms with Crippen LogP contribution in [-0.2, 0) is 0 Å². The van der Waals surface area contributed by atoms with E-state index >= 15 is 0 Å². The summed E-state index contributed by atoms with van der Waals surface area (Å²) >= 11 is 2.04. The van der Waals surface area contributed by atoms with Gasteiger partial charge in [-0.2, -0.15) is 17.0 Å². The molecule has 4 heteroatoms. The third-order valence-electron chi connectivity index (χ3n) is 3.12. The van der Waals surface area contributed by atoms with Crippen LogP contribution in [0.25, 0.3) is 0 Å². The molecule has 2 rings (SSSR count). The molecule has 1 fully saturated rings. The molecule has 0 bridgehead atoms. The van der Waals surface area contributed by atoms with E-state index in [0.29, 0.717) is 11.3 Å². The van der Waals surface area contributed by atoms with Crippen LogP contribution in [0.5, 0.6) is 5.75 Å². The van der Waals surface area contributed by atoms with Gasteiger partial charge in [0.15, 0.2) is 6.61 Å². The first-order chi connectivity index (χ1) is 8.79. The van der Waals surface area contributed by atoms with Crippen LogP contribution in [0.2, 0.25) is 0 Å². The van der Waals surface area contributed by atoms with Crippen molar-refractivity contribution in [1.82, 2.24) is 0 Å². The lowest BCUT2D eigenvalue weighted by Crippen LogP contribution is -2.32. The fourth-order valence-corrected chi connectivity index (χ4v) is 3.23. The molecular formula is C14H18N2OS. The van der Waals surface area contributed by atoms with Crippen LogP contribution in [0.3, 0.4) is 0 Å². The van der Waals surface area contributed by atoms with Gasteiger partial charge in [-0.15, -0.1) is 0 Å². The van der Waals surface area contributed by atoms with Gasteiger partial charge in [0.2, 0.25) is 0 Å². The summed E-state index contributed by atoms with van der Waals surface area (Å²) in [5.41, 5.74) is 1.12. The van der Waals surface area contributed by atoms with E-state index in [2.05, 4.69) is 12.2 Å². The second-order valence-corrected chi connectivity index (χ2v) is 5.93. The van der Waals surface area contributed by atoms with E-state index in [4.69, 9.17) is 10.00 Å². The van der Waals surface area contributed by atoms with Gasteiger partial charge >= 0.3 is 0 Å². The molecule has 0 aromatic heterocycles. The van der Waals surface area contributed by atoms with Crippen LogP contribution in [-0.4, -0.2) is 23.7 Å². The number of benzene rings is 1. The van der Waals surface area contributed by atoms with Crippen molar-refractivity contribution < 1.29 is 4.74 Å². The first kappa shape index (κ1) is 13.1. The van der Waals surface area contributed by atoms with Crippen molar-refractivity contribution in [2.24, 2.45) is 0 Å². The molecule has 1 N–H and O–H groups in total. The molecule has 1 heterocycles. The maximum atomic E-state index is 8.44. The molecule has 1 aromatic rings. The molecule has 0 saturated carbocycles. The highest BCUT2D eigenvalue weighted by Gasteiger charge is 2.21. The molecule has 18 heavy (non-hydrogen) atoms. The van der Waals surface area contributed by atoms with Crippen molar-refractivity contribution >= 4 is 17.4 Å². The summed E-state index contributed by atoms with van der Waals surface area (Å²) in [6.07, 6.45) is 2.52. The number of nitrogens with one attached hydrogen (secondary N) is 1. The predicted octanol–water partition coefficient (Wildman–Crippen LogP) is 3.28. The maximum absolute atomic E-state index is 8.44. The first-order valence-electron chi connectivity index (χ1n) is 6.27. The third-order valence-corrected chi connectivity index (χ3v) is 4.50. The zero-order chi connectivity index (χ0) is 12.8. The highest BCUT2D eigenvalue weighted by atomic mass is 32.2. The Kier molecular flexibility index (Phi) is 4.77. The number of hydrogen-bond donors (Lipinski definition) is 1. The Morgan fingerprint density at radius 3 is 2.89 bits per heavy atom. The minimum Gasteiger partial charge on any atom is -0.479 e. The van der Waals surface area contributed by atoms with E-state index in [1.807, 2.05) is 42.1 Å². The molecule has 3 nitrogen and oxygen atoms in total. The number of rotatable bonds is 4. The van der Waals surface area contributed by atoms with Crippen LogP contribution in [0.1, 0.15) is 19.8 Å². The van der Waals surface area contributed by atoms with E-state index in [1.54, 1.807) is 0 Å². The monoisotopic (exact) mass is 262 g/mol. The average molecular weight is 262 g/mol. The van der Waals surface area contributed by atoms with Crippen molar-refractivity contribution in [2.45, 2.75) is 31.1 Å². The zero-order valence-electron chi connectivity index (χ0n) is 10.6. The number of ether oxygens (including phenoxy) is 1. The van der Waals surface area contributed by atoms with Crippen LogP contribution in [0.4, 0.5) is 5.69 Å². The summed E-state index contributed by atoms with van der Waals surface area (Å²) < 4.78 is 5.23. The zero-order valence-corrected chi connectivity index (χ0v) is 11.4. The average Bonchev–Trinajstić information content (AvgIpc) is 2.41. The second-order valence-electron chi connectivity index (χ2n) is 4.44. The number of hydrogen-bond acceptors (Lipinski definition) is 4. The number of thioether (sulfide) groups is 1.